The molecule has 4 nitrogen and oxygen atoms in total. The van der Waals surface area contributed by atoms with Gasteiger partial charge in [-0.2, -0.15) is 0 Å². The van der Waals surface area contributed by atoms with Crippen LogP contribution in [-0.4, -0.2) is 21.8 Å². The van der Waals surface area contributed by atoms with Gasteiger partial charge in [0.05, 0.1) is 11.4 Å². The minimum Gasteiger partial charge on any atom is -0.306 e. The lowest BCUT2D eigenvalue weighted by Gasteiger charge is -2.08. The normalized spacial score (nSPS) is 10.9. The smallest absolute Gasteiger partial charge is 0.255 e. The summed E-state index contributed by atoms with van der Waals surface area (Å²) in [5.41, 5.74) is 2.77. The van der Waals surface area contributed by atoms with Crippen LogP contribution >= 0.6 is 0 Å². The summed E-state index contributed by atoms with van der Waals surface area (Å²) in [6.45, 7) is 1.90. The maximum atomic E-state index is 11.9. The second kappa shape index (κ2) is 3.87. The van der Waals surface area contributed by atoms with Gasteiger partial charge < -0.3 is 4.40 Å². The molecule has 3 heterocycles. The molecule has 0 aliphatic carbocycles. The fourth-order valence-corrected chi connectivity index (χ4v) is 2.03. The van der Waals surface area contributed by atoms with Crippen molar-refractivity contribution in [3.63, 3.8) is 0 Å². The van der Waals surface area contributed by atoms with Gasteiger partial charge >= 0.3 is 0 Å². The number of aromatic nitrogens is 3. The minimum atomic E-state index is -0.106. The Bertz CT molecular complexity index is 788. The molecule has 3 aromatic heterocycles. The average Bonchev–Trinajstić information content (AvgIpc) is 2.69. The topological polar surface area (TPSA) is 39.3 Å². The molecule has 0 spiro atoms. The molecule has 0 aliphatic heterocycles. The zero-order chi connectivity index (χ0) is 12.7. The second-order valence-electron chi connectivity index (χ2n) is 4.18. The first-order valence-corrected chi connectivity index (χ1v) is 5.58. The minimum absolute atomic E-state index is 0.106. The highest BCUT2D eigenvalue weighted by Gasteiger charge is 2.08. The molecule has 0 fully saturated rings. The zero-order valence-corrected chi connectivity index (χ0v) is 9.87. The summed E-state index contributed by atoms with van der Waals surface area (Å²) in [4.78, 5) is 16.3. The molecular formula is C13H10BN3O. The third-order valence-corrected chi connectivity index (χ3v) is 2.76. The van der Waals surface area contributed by atoms with E-state index in [1.807, 2.05) is 17.5 Å². The van der Waals surface area contributed by atoms with E-state index in [0.717, 1.165) is 11.3 Å². The van der Waals surface area contributed by atoms with Gasteiger partial charge in [-0.3, -0.25) is 9.36 Å². The fourth-order valence-electron chi connectivity index (χ4n) is 2.03. The first-order valence-electron chi connectivity index (χ1n) is 5.58. The number of aryl methyl sites for hydroxylation is 1. The number of fused-ring (bicyclic) bond motifs is 1. The highest BCUT2D eigenvalue weighted by molar-refractivity contribution is 6.32. The lowest BCUT2D eigenvalue weighted by atomic mass is 9.98. The van der Waals surface area contributed by atoms with Crippen LogP contribution in [0, 0.1) is 6.92 Å². The number of hydrogen-bond donors (Lipinski definition) is 0. The molecule has 0 aromatic carbocycles. The van der Waals surface area contributed by atoms with Gasteiger partial charge in [0.1, 0.15) is 7.85 Å². The van der Waals surface area contributed by atoms with Crippen LogP contribution in [0.2, 0.25) is 0 Å². The van der Waals surface area contributed by atoms with Crippen LogP contribution in [-0.2, 0) is 0 Å². The highest BCUT2D eigenvalue weighted by Crippen LogP contribution is 2.12. The Morgan fingerprint density at radius 2 is 2.11 bits per heavy atom. The van der Waals surface area contributed by atoms with Crippen LogP contribution in [0.25, 0.3) is 11.3 Å². The first kappa shape index (κ1) is 10.8. The van der Waals surface area contributed by atoms with Crippen LogP contribution in [0.3, 0.4) is 0 Å². The van der Waals surface area contributed by atoms with Gasteiger partial charge in [0.2, 0.25) is 0 Å². The third kappa shape index (κ3) is 1.64. The first-order chi connectivity index (χ1) is 8.65. The zero-order valence-electron chi connectivity index (χ0n) is 9.87. The van der Waals surface area contributed by atoms with E-state index in [9.17, 15) is 4.79 Å². The van der Waals surface area contributed by atoms with Gasteiger partial charge in [-0.1, -0.05) is 11.5 Å². The van der Waals surface area contributed by atoms with Crippen molar-refractivity contribution in [2.75, 3.05) is 0 Å². The van der Waals surface area contributed by atoms with Crippen LogP contribution in [0.5, 0.6) is 0 Å². The number of pyridine rings is 2. The van der Waals surface area contributed by atoms with Crippen molar-refractivity contribution >= 4 is 19.0 Å². The summed E-state index contributed by atoms with van der Waals surface area (Å²) in [6.07, 6.45) is 5.37. The molecule has 0 unspecified atom stereocenters. The van der Waals surface area contributed by atoms with E-state index in [1.54, 1.807) is 30.6 Å². The molecular weight excluding hydrogens is 225 g/mol. The molecule has 2 radical (unpaired) electrons. The Kier molecular flexibility index (Phi) is 2.33. The fraction of sp³-hybridized carbons (Fsp3) is 0.0769. The Labute approximate surface area is 105 Å². The molecule has 0 N–H and O–H groups in total. The molecule has 86 valence electrons. The molecule has 5 heteroatoms. The quantitative estimate of drug-likeness (QED) is 0.579. The Morgan fingerprint density at radius 3 is 2.89 bits per heavy atom. The number of nitrogens with zero attached hydrogens (tertiary/aromatic N) is 3. The number of hydrogen-bond acceptors (Lipinski definition) is 2. The molecule has 0 aliphatic rings. The average molecular weight is 235 g/mol. The standard InChI is InChI=1S/C13H10BN3O/c1-9-7-16-8-10(14)6-11(13(16)15-9)17-5-3-2-4-12(17)18/h2-8H,1H3. The summed E-state index contributed by atoms with van der Waals surface area (Å²) < 4.78 is 3.37. The van der Waals surface area contributed by atoms with Crippen molar-refractivity contribution in [2.45, 2.75) is 6.92 Å². The van der Waals surface area contributed by atoms with Crippen LogP contribution < -0.4 is 11.0 Å². The van der Waals surface area contributed by atoms with E-state index in [2.05, 4.69) is 4.98 Å². The van der Waals surface area contributed by atoms with Gasteiger partial charge in [-0.25, -0.2) is 4.98 Å². The van der Waals surface area contributed by atoms with Crippen LogP contribution in [0.4, 0.5) is 0 Å². The largest absolute Gasteiger partial charge is 0.306 e. The predicted molar refractivity (Wildman–Crippen MR) is 70.9 cm³/mol. The van der Waals surface area contributed by atoms with Crippen molar-refractivity contribution in [1.29, 1.82) is 0 Å². The van der Waals surface area contributed by atoms with Crippen molar-refractivity contribution in [3.05, 3.63) is 58.9 Å². The molecule has 0 saturated heterocycles. The van der Waals surface area contributed by atoms with Crippen LogP contribution in [0.1, 0.15) is 5.69 Å². The molecule has 3 rings (SSSR count). The number of imidazole rings is 1. The lowest BCUT2D eigenvalue weighted by Crippen LogP contribution is -2.19. The Balaban J connectivity index is 2.42. The summed E-state index contributed by atoms with van der Waals surface area (Å²) in [7, 11) is 5.86. The predicted octanol–water partition coefficient (Wildman–Crippen LogP) is 0.587. The maximum Gasteiger partial charge on any atom is 0.255 e. The Hall–Kier alpha value is -2.30. The van der Waals surface area contributed by atoms with Gasteiger partial charge in [0.25, 0.3) is 5.56 Å². The van der Waals surface area contributed by atoms with E-state index in [4.69, 9.17) is 7.85 Å². The molecule has 18 heavy (non-hydrogen) atoms. The van der Waals surface area contributed by atoms with Crippen molar-refractivity contribution in [1.82, 2.24) is 14.0 Å². The molecule has 0 amide bonds. The van der Waals surface area contributed by atoms with Crippen LogP contribution in [0.15, 0.2) is 47.7 Å². The Morgan fingerprint density at radius 1 is 1.28 bits per heavy atom. The van der Waals surface area contributed by atoms with Crippen molar-refractivity contribution < 1.29 is 0 Å². The van der Waals surface area contributed by atoms with Gasteiger partial charge in [-0.05, 0) is 19.1 Å². The lowest BCUT2D eigenvalue weighted by molar-refractivity contribution is 0.982. The summed E-state index contributed by atoms with van der Waals surface area (Å²) in [5.74, 6) is 0. The van der Waals surface area contributed by atoms with Gasteiger partial charge in [0.15, 0.2) is 5.65 Å². The van der Waals surface area contributed by atoms with Crippen molar-refractivity contribution in [3.8, 4) is 5.69 Å². The molecule has 3 aromatic rings. The molecule has 0 atom stereocenters. The van der Waals surface area contributed by atoms with E-state index < -0.39 is 0 Å². The van der Waals surface area contributed by atoms with E-state index >= 15 is 0 Å². The third-order valence-electron chi connectivity index (χ3n) is 2.76. The highest BCUT2D eigenvalue weighted by atomic mass is 16.1. The van der Waals surface area contributed by atoms with E-state index in [-0.39, 0.29) is 5.56 Å². The summed E-state index contributed by atoms with van der Waals surface area (Å²) in [6, 6.07) is 6.77. The number of rotatable bonds is 1. The summed E-state index contributed by atoms with van der Waals surface area (Å²) in [5, 5.41) is 0. The maximum absolute atomic E-state index is 11.9. The monoisotopic (exact) mass is 235 g/mol. The molecule has 0 saturated carbocycles. The second-order valence-corrected chi connectivity index (χ2v) is 4.18. The van der Waals surface area contributed by atoms with Gasteiger partial charge in [-0.15, -0.1) is 0 Å². The van der Waals surface area contributed by atoms with Gasteiger partial charge in [0, 0.05) is 24.7 Å². The SMILES string of the molecule is [B]c1cc(-n2ccccc2=O)c2nc(C)cn2c1. The molecule has 0 bridgehead atoms. The van der Waals surface area contributed by atoms with Crippen molar-refractivity contribution in [2.24, 2.45) is 0 Å². The van der Waals surface area contributed by atoms with E-state index in [0.29, 0.717) is 11.2 Å². The summed E-state index contributed by atoms with van der Waals surface area (Å²) >= 11 is 0. The van der Waals surface area contributed by atoms with E-state index in [1.165, 1.54) is 10.6 Å².